The van der Waals surface area contributed by atoms with Crippen LogP contribution in [0, 0.1) is 0 Å². The summed E-state index contributed by atoms with van der Waals surface area (Å²) in [5.41, 5.74) is 5.42. The summed E-state index contributed by atoms with van der Waals surface area (Å²) in [5.74, 6) is -0.816. The summed E-state index contributed by atoms with van der Waals surface area (Å²) >= 11 is 0. The van der Waals surface area contributed by atoms with E-state index in [0.29, 0.717) is 6.42 Å². The van der Waals surface area contributed by atoms with Gasteiger partial charge in [0.1, 0.15) is 6.61 Å². The standard InChI is InChI=1S/C87H150NO8P/c1-3-5-7-9-11-13-15-17-19-21-23-25-27-29-31-33-35-37-39-40-41-42-43-44-46-48-50-52-54-56-58-60-62-64-66-68-70-72-74-76-78-80-87(90)96-85(84-95-97(91,92)94-82-81-88)83-93-86(89)79-77-75-73-71-69-67-65-63-61-59-57-55-53-51-49-47-45-38-36-34-32-30-28-26-24-22-20-18-16-14-12-10-8-6-4-2/h5-8,11-14,17-20,23-26,29-32,35-38,85H,3-4,9-10,15-16,21-22,27-28,33-34,39-84,88H2,1-2H3,(H,91,92)/b7-5-,8-6-,13-11-,14-12-,19-17-,20-18-,25-23-,26-24-,31-29-,32-30-,37-35-,38-36-. The molecule has 0 bridgehead atoms. The lowest BCUT2D eigenvalue weighted by molar-refractivity contribution is -0.161. The van der Waals surface area contributed by atoms with Crippen molar-refractivity contribution in [3.8, 4) is 0 Å². The molecule has 0 saturated carbocycles. The lowest BCUT2D eigenvalue weighted by Crippen LogP contribution is -2.29. The normalized spacial score (nSPS) is 13.6. The number of carbonyl (C=O) groups is 2. The summed E-state index contributed by atoms with van der Waals surface area (Å²) in [7, 11) is -4.40. The fraction of sp³-hybridized carbons (Fsp3) is 0.701. The van der Waals surface area contributed by atoms with Gasteiger partial charge in [-0.25, -0.2) is 4.57 Å². The molecule has 0 spiro atoms. The van der Waals surface area contributed by atoms with Crippen molar-refractivity contribution in [2.24, 2.45) is 5.73 Å². The highest BCUT2D eigenvalue weighted by atomic mass is 31.2. The van der Waals surface area contributed by atoms with E-state index in [1.807, 2.05) is 0 Å². The van der Waals surface area contributed by atoms with Crippen molar-refractivity contribution in [3.05, 3.63) is 146 Å². The molecule has 0 aromatic carbocycles. The SMILES string of the molecule is CC/C=C\C/C=C\C/C=C\C/C=C\C/C=C\C/C=C\CCCCCCCCCCCCCCCCCCCCCCCCC(=O)OC(COC(=O)CCCCCCCCCCCCCCCCCC/C=C\C/C=C\C/C=C\C/C=C\C/C=C\C/C=C\CC)COP(=O)(O)OCCN. The molecular weight excluding hydrogens is 1220 g/mol. The van der Waals surface area contributed by atoms with E-state index in [2.05, 4.69) is 160 Å². The van der Waals surface area contributed by atoms with Crippen LogP contribution in [0.2, 0.25) is 0 Å². The molecular formula is C87H150NO8P. The fourth-order valence-corrected chi connectivity index (χ4v) is 12.1. The number of ether oxygens (including phenoxy) is 2. The van der Waals surface area contributed by atoms with Gasteiger partial charge >= 0.3 is 19.8 Å². The Morgan fingerprint density at radius 2 is 0.536 bits per heavy atom. The minimum absolute atomic E-state index is 0.0508. The first-order valence-electron chi connectivity index (χ1n) is 40.3. The summed E-state index contributed by atoms with van der Waals surface area (Å²) in [6.45, 7) is 3.55. The third kappa shape index (κ3) is 80.8. The average Bonchev–Trinajstić information content (AvgIpc) is 2.57. The maximum absolute atomic E-state index is 12.8. The van der Waals surface area contributed by atoms with Crippen LogP contribution in [0.4, 0.5) is 0 Å². The van der Waals surface area contributed by atoms with E-state index in [0.717, 1.165) is 116 Å². The van der Waals surface area contributed by atoms with Crippen LogP contribution in [0.5, 0.6) is 0 Å². The zero-order valence-electron chi connectivity index (χ0n) is 62.8. The lowest BCUT2D eigenvalue weighted by atomic mass is 10.0. The second-order valence-corrected chi connectivity index (χ2v) is 28.0. The first kappa shape index (κ1) is 92.9. The molecule has 10 heteroatoms. The number of allylic oxidation sites excluding steroid dienone is 24. The average molecular weight is 1370 g/mol. The number of nitrogens with two attached hydrogens (primary N) is 1. The van der Waals surface area contributed by atoms with Crippen LogP contribution in [0.1, 0.15) is 361 Å². The van der Waals surface area contributed by atoms with Gasteiger partial charge in [0.2, 0.25) is 0 Å². The number of unbranched alkanes of at least 4 members (excludes halogenated alkanes) is 38. The van der Waals surface area contributed by atoms with Gasteiger partial charge in [0.15, 0.2) is 6.10 Å². The summed E-state index contributed by atoms with van der Waals surface area (Å²) in [5, 5.41) is 0. The van der Waals surface area contributed by atoms with Crippen molar-refractivity contribution >= 4 is 19.8 Å². The summed E-state index contributed by atoms with van der Waals surface area (Å²) in [4.78, 5) is 35.5. The minimum atomic E-state index is -4.40. The van der Waals surface area contributed by atoms with E-state index >= 15 is 0 Å². The quantitative estimate of drug-likeness (QED) is 0.0264. The van der Waals surface area contributed by atoms with Crippen molar-refractivity contribution in [1.29, 1.82) is 0 Å². The Bertz CT molecular complexity index is 2110. The van der Waals surface area contributed by atoms with E-state index in [-0.39, 0.29) is 38.6 Å². The topological polar surface area (TPSA) is 134 Å². The van der Waals surface area contributed by atoms with Crippen molar-refractivity contribution in [3.63, 3.8) is 0 Å². The molecule has 97 heavy (non-hydrogen) atoms. The number of esters is 2. The highest BCUT2D eigenvalue weighted by Gasteiger charge is 2.26. The zero-order valence-corrected chi connectivity index (χ0v) is 63.7. The highest BCUT2D eigenvalue weighted by molar-refractivity contribution is 7.47. The van der Waals surface area contributed by atoms with Gasteiger partial charge in [-0.3, -0.25) is 18.6 Å². The van der Waals surface area contributed by atoms with Gasteiger partial charge in [-0.05, 0) is 116 Å². The molecule has 0 aliphatic rings. The second kappa shape index (κ2) is 80.9. The number of hydrogen-bond acceptors (Lipinski definition) is 8. The second-order valence-electron chi connectivity index (χ2n) is 26.5. The third-order valence-corrected chi connectivity index (χ3v) is 18.2. The monoisotopic (exact) mass is 1370 g/mol. The Morgan fingerprint density at radius 3 is 0.794 bits per heavy atom. The van der Waals surface area contributed by atoms with Gasteiger partial charge in [-0.1, -0.05) is 378 Å². The lowest BCUT2D eigenvalue weighted by Gasteiger charge is -2.19. The van der Waals surface area contributed by atoms with Crippen molar-refractivity contribution in [2.75, 3.05) is 26.4 Å². The molecule has 0 aliphatic carbocycles. The molecule has 0 aliphatic heterocycles. The molecule has 0 amide bonds. The van der Waals surface area contributed by atoms with Crippen molar-refractivity contribution < 1.29 is 37.6 Å². The molecule has 2 atom stereocenters. The number of hydrogen-bond donors (Lipinski definition) is 2. The molecule has 0 radical (unpaired) electrons. The Balaban J connectivity index is 3.80. The predicted molar refractivity (Wildman–Crippen MR) is 422 cm³/mol. The fourth-order valence-electron chi connectivity index (χ4n) is 11.4. The molecule has 9 nitrogen and oxygen atoms in total. The van der Waals surface area contributed by atoms with Gasteiger partial charge in [0.05, 0.1) is 13.2 Å². The first-order chi connectivity index (χ1) is 47.8. The van der Waals surface area contributed by atoms with Gasteiger partial charge in [-0.15, -0.1) is 0 Å². The van der Waals surface area contributed by atoms with Gasteiger partial charge in [0, 0.05) is 19.4 Å². The first-order valence-corrected chi connectivity index (χ1v) is 41.8. The van der Waals surface area contributed by atoms with E-state index in [4.69, 9.17) is 24.3 Å². The summed E-state index contributed by atoms with van der Waals surface area (Å²) in [6.07, 6.45) is 117. The van der Waals surface area contributed by atoms with Crippen molar-refractivity contribution in [2.45, 2.75) is 367 Å². The van der Waals surface area contributed by atoms with Crippen LogP contribution in [0.3, 0.4) is 0 Å². The molecule has 0 rings (SSSR count). The van der Waals surface area contributed by atoms with Crippen LogP contribution in [0.15, 0.2) is 146 Å². The van der Waals surface area contributed by atoms with Crippen LogP contribution in [-0.4, -0.2) is 49.3 Å². The number of rotatable bonds is 75. The van der Waals surface area contributed by atoms with Crippen LogP contribution in [0.25, 0.3) is 0 Å². The predicted octanol–water partition coefficient (Wildman–Crippen LogP) is 27.3. The van der Waals surface area contributed by atoms with Crippen LogP contribution in [-0.2, 0) is 32.7 Å². The van der Waals surface area contributed by atoms with E-state index < -0.39 is 26.5 Å². The van der Waals surface area contributed by atoms with Gasteiger partial charge in [0.25, 0.3) is 0 Å². The Hall–Kier alpha value is -4.11. The molecule has 556 valence electrons. The Labute approximate surface area is 598 Å². The smallest absolute Gasteiger partial charge is 0.462 e. The minimum Gasteiger partial charge on any atom is -0.462 e. The number of carbonyl (C=O) groups excluding carboxylic acids is 2. The molecule has 0 aromatic heterocycles. The zero-order chi connectivity index (χ0) is 70.0. The van der Waals surface area contributed by atoms with Crippen LogP contribution >= 0.6 is 7.82 Å². The van der Waals surface area contributed by atoms with E-state index in [1.165, 1.54) is 212 Å². The maximum atomic E-state index is 12.8. The highest BCUT2D eigenvalue weighted by Crippen LogP contribution is 2.43. The largest absolute Gasteiger partial charge is 0.472 e. The maximum Gasteiger partial charge on any atom is 0.472 e. The molecule has 0 saturated heterocycles. The Morgan fingerprint density at radius 1 is 0.309 bits per heavy atom. The summed E-state index contributed by atoms with van der Waals surface area (Å²) < 4.78 is 33.3. The van der Waals surface area contributed by atoms with Crippen molar-refractivity contribution in [1.82, 2.24) is 0 Å². The Kier molecular flexibility index (Phi) is 77.4. The van der Waals surface area contributed by atoms with Gasteiger partial charge < -0.3 is 20.1 Å². The van der Waals surface area contributed by atoms with E-state index in [1.54, 1.807) is 0 Å². The number of phosphoric ester groups is 1. The molecule has 3 N–H and O–H groups in total. The molecule has 0 fully saturated rings. The molecule has 2 unspecified atom stereocenters. The summed E-state index contributed by atoms with van der Waals surface area (Å²) in [6, 6.07) is 0. The molecule has 0 heterocycles. The van der Waals surface area contributed by atoms with E-state index in [9.17, 15) is 19.0 Å². The van der Waals surface area contributed by atoms with Gasteiger partial charge in [-0.2, -0.15) is 0 Å². The molecule has 0 aromatic rings. The number of phosphoric acid groups is 1. The van der Waals surface area contributed by atoms with Crippen LogP contribution < -0.4 is 5.73 Å². The third-order valence-electron chi connectivity index (χ3n) is 17.2.